The van der Waals surface area contributed by atoms with Crippen LogP contribution in [0.2, 0.25) is 5.02 Å². The van der Waals surface area contributed by atoms with E-state index in [-0.39, 0.29) is 11.9 Å². The molecule has 1 atom stereocenters. The van der Waals surface area contributed by atoms with Crippen molar-refractivity contribution in [3.63, 3.8) is 0 Å². The van der Waals surface area contributed by atoms with Crippen molar-refractivity contribution in [2.24, 2.45) is 5.92 Å². The highest BCUT2D eigenvalue weighted by Gasteiger charge is 2.35. The molecule has 1 saturated carbocycles. The van der Waals surface area contributed by atoms with Crippen LogP contribution in [0.4, 0.5) is 4.79 Å². The predicted octanol–water partition coefficient (Wildman–Crippen LogP) is 7.07. The number of pyridine rings is 1. The number of hydrogen-bond acceptors (Lipinski definition) is 3. The fourth-order valence-electron chi connectivity index (χ4n) is 6.78. The monoisotopic (exact) mass is 543 g/mol. The summed E-state index contributed by atoms with van der Waals surface area (Å²) in [7, 11) is 0. The van der Waals surface area contributed by atoms with Gasteiger partial charge in [-0.2, -0.15) is 0 Å². The molecular formula is C32H38ClN5O. The number of halogens is 1. The molecule has 1 aliphatic heterocycles. The van der Waals surface area contributed by atoms with Gasteiger partial charge in [0.25, 0.3) is 0 Å². The van der Waals surface area contributed by atoms with E-state index in [1.165, 1.54) is 41.5 Å². The number of hydrogen-bond donors (Lipinski definition) is 1. The first-order valence-electron chi connectivity index (χ1n) is 14.5. The zero-order chi connectivity index (χ0) is 26.8. The maximum atomic E-state index is 13.0. The molecule has 1 saturated heterocycles. The van der Waals surface area contributed by atoms with Crippen molar-refractivity contribution < 1.29 is 4.79 Å². The molecule has 7 heteroatoms. The summed E-state index contributed by atoms with van der Waals surface area (Å²) in [4.78, 5) is 24.4. The number of piperidine rings is 1. The lowest BCUT2D eigenvalue weighted by Gasteiger charge is -2.37. The van der Waals surface area contributed by atoms with Crippen LogP contribution in [0.5, 0.6) is 0 Å². The van der Waals surface area contributed by atoms with Gasteiger partial charge in [0.05, 0.1) is 17.7 Å². The van der Waals surface area contributed by atoms with E-state index in [1.54, 1.807) is 0 Å². The molecule has 6 nitrogen and oxygen atoms in total. The number of nitrogens with one attached hydrogen (secondary N) is 1. The molecule has 2 aliphatic carbocycles. The smallest absolute Gasteiger partial charge is 0.317 e. The van der Waals surface area contributed by atoms with Crippen LogP contribution in [0.3, 0.4) is 0 Å². The average Bonchev–Trinajstić information content (AvgIpc) is 3.32. The fraction of sp³-hybridized carbons (Fsp3) is 0.469. The van der Waals surface area contributed by atoms with Crippen LogP contribution in [0.1, 0.15) is 85.4 Å². The van der Waals surface area contributed by atoms with Crippen molar-refractivity contribution in [2.75, 3.05) is 13.1 Å². The van der Waals surface area contributed by atoms with Crippen molar-refractivity contribution >= 4 is 29.3 Å². The Morgan fingerprint density at radius 3 is 2.67 bits per heavy atom. The predicted molar refractivity (Wildman–Crippen MR) is 157 cm³/mol. The average molecular weight is 544 g/mol. The zero-order valence-electron chi connectivity index (χ0n) is 22.8. The van der Waals surface area contributed by atoms with E-state index in [1.807, 2.05) is 36.5 Å². The second-order valence-corrected chi connectivity index (χ2v) is 11.9. The van der Waals surface area contributed by atoms with E-state index in [9.17, 15) is 4.79 Å². The van der Waals surface area contributed by atoms with Gasteiger partial charge in [-0.3, -0.25) is 4.98 Å². The molecule has 1 aromatic carbocycles. The van der Waals surface area contributed by atoms with E-state index >= 15 is 0 Å². The Morgan fingerprint density at radius 1 is 1.08 bits per heavy atom. The number of nitrogens with zero attached hydrogens (tertiary/aromatic N) is 4. The number of rotatable bonds is 5. The zero-order valence-corrected chi connectivity index (χ0v) is 23.5. The summed E-state index contributed by atoms with van der Waals surface area (Å²) in [6.45, 7) is 4.44. The van der Waals surface area contributed by atoms with Crippen LogP contribution in [0.25, 0.3) is 11.6 Å². The molecule has 6 rings (SSSR count). The molecular weight excluding hydrogens is 506 g/mol. The van der Waals surface area contributed by atoms with Crippen LogP contribution in [-0.2, 0) is 6.54 Å². The maximum Gasteiger partial charge on any atom is 0.317 e. The Bertz CT molecular complexity index is 1350. The largest absolute Gasteiger partial charge is 0.337 e. The van der Waals surface area contributed by atoms with Gasteiger partial charge in [-0.05, 0) is 91.5 Å². The number of fused-ring (bicyclic) bond motifs is 2. The minimum absolute atomic E-state index is 0.116. The summed E-state index contributed by atoms with van der Waals surface area (Å²) in [6.07, 6.45) is 17.0. The van der Waals surface area contributed by atoms with Crippen LogP contribution in [-0.4, -0.2) is 44.6 Å². The number of carbonyl (C=O) groups excluding carboxylic acids is 1. The molecule has 3 aromatic rings. The van der Waals surface area contributed by atoms with E-state index < -0.39 is 0 Å². The molecule has 2 fully saturated rings. The van der Waals surface area contributed by atoms with Gasteiger partial charge in [0.2, 0.25) is 0 Å². The molecule has 3 heterocycles. The lowest BCUT2D eigenvalue weighted by Crippen LogP contribution is -2.48. The number of likely N-dealkylation sites (tertiary alicyclic amines) is 1. The first kappa shape index (κ1) is 26.1. The Hall–Kier alpha value is -3.12. The van der Waals surface area contributed by atoms with Gasteiger partial charge in [0.1, 0.15) is 0 Å². The third-order valence-corrected chi connectivity index (χ3v) is 9.06. The highest BCUT2D eigenvalue weighted by molar-refractivity contribution is 6.30. The maximum absolute atomic E-state index is 13.0. The molecule has 0 radical (unpaired) electrons. The van der Waals surface area contributed by atoms with Crippen molar-refractivity contribution in [1.82, 2.24) is 24.8 Å². The quantitative estimate of drug-likeness (QED) is 0.374. The summed E-state index contributed by atoms with van der Waals surface area (Å²) >= 11 is 6.59. The summed E-state index contributed by atoms with van der Waals surface area (Å²) in [5.41, 5.74) is 7.15. The summed E-state index contributed by atoms with van der Waals surface area (Å²) in [6, 6.07) is 11.0. The number of aromatic nitrogens is 3. The van der Waals surface area contributed by atoms with Crippen LogP contribution in [0, 0.1) is 12.8 Å². The molecule has 2 aromatic heterocycles. The molecule has 1 unspecified atom stereocenters. The van der Waals surface area contributed by atoms with Gasteiger partial charge >= 0.3 is 6.03 Å². The number of allylic oxidation sites excluding steroid dienone is 1. The Labute approximate surface area is 236 Å². The van der Waals surface area contributed by atoms with Crippen LogP contribution >= 0.6 is 11.6 Å². The molecule has 0 bridgehead atoms. The van der Waals surface area contributed by atoms with Gasteiger partial charge in [-0.15, -0.1) is 0 Å². The highest BCUT2D eigenvalue weighted by atomic mass is 35.5. The summed E-state index contributed by atoms with van der Waals surface area (Å²) < 4.78 is 2.15. The second-order valence-electron chi connectivity index (χ2n) is 11.5. The fourth-order valence-corrected chi connectivity index (χ4v) is 6.95. The normalized spacial score (nSPS) is 20.1. The third kappa shape index (κ3) is 5.76. The number of amides is 2. The van der Waals surface area contributed by atoms with Gasteiger partial charge in [-0.1, -0.05) is 43.0 Å². The SMILES string of the molecule is Cc1cn(CCC2=Cc3cccnc3C(C3CCN(C(=O)NC4CCCCC4)CC3)c3ccc(Cl)cc32)cn1. The number of carbonyl (C=O) groups is 1. The van der Waals surface area contributed by atoms with Gasteiger partial charge < -0.3 is 14.8 Å². The van der Waals surface area contributed by atoms with E-state index in [4.69, 9.17) is 16.6 Å². The van der Waals surface area contributed by atoms with Crippen LogP contribution < -0.4 is 5.32 Å². The number of imidazole rings is 1. The van der Waals surface area contributed by atoms with Crippen molar-refractivity contribution in [3.05, 3.63) is 82.2 Å². The lowest BCUT2D eigenvalue weighted by molar-refractivity contribution is 0.160. The molecule has 2 amide bonds. The second kappa shape index (κ2) is 11.5. The molecule has 0 spiro atoms. The van der Waals surface area contributed by atoms with Crippen molar-refractivity contribution in [2.45, 2.75) is 76.8 Å². The third-order valence-electron chi connectivity index (χ3n) is 8.82. The minimum atomic E-state index is 0.116. The highest BCUT2D eigenvalue weighted by Crippen LogP contribution is 2.45. The molecule has 1 N–H and O–H groups in total. The van der Waals surface area contributed by atoms with Crippen molar-refractivity contribution in [3.8, 4) is 0 Å². The number of urea groups is 1. The van der Waals surface area contributed by atoms with Gasteiger partial charge in [-0.25, -0.2) is 9.78 Å². The molecule has 204 valence electrons. The Morgan fingerprint density at radius 2 is 1.90 bits per heavy atom. The summed E-state index contributed by atoms with van der Waals surface area (Å²) in [5, 5.41) is 4.07. The first-order valence-corrected chi connectivity index (χ1v) is 14.9. The van der Waals surface area contributed by atoms with Crippen molar-refractivity contribution in [1.29, 1.82) is 0 Å². The minimum Gasteiger partial charge on any atom is -0.337 e. The summed E-state index contributed by atoms with van der Waals surface area (Å²) in [5.74, 6) is 0.572. The number of aryl methyl sites for hydroxylation is 2. The Kier molecular flexibility index (Phi) is 7.73. The van der Waals surface area contributed by atoms with Gasteiger partial charge in [0, 0.05) is 49.0 Å². The first-order chi connectivity index (χ1) is 19.0. The van der Waals surface area contributed by atoms with E-state index in [0.717, 1.165) is 68.1 Å². The molecule has 39 heavy (non-hydrogen) atoms. The van der Waals surface area contributed by atoms with E-state index in [2.05, 4.69) is 45.3 Å². The van der Waals surface area contributed by atoms with Gasteiger partial charge in [0.15, 0.2) is 0 Å². The molecule has 3 aliphatic rings. The topological polar surface area (TPSA) is 63.1 Å². The lowest BCUT2D eigenvalue weighted by atomic mass is 9.76. The van der Waals surface area contributed by atoms with E-state index in [0.29, 0.717) is 12.0 Å². The number of benzene rings is 1. The van der Waals surface area contributed by atoms with Crippen LogP contribution in [0.15, 0.2) is 49.1 Å². The Balaban J connectivity index is 1.25. The standard InChI is InChI=1S/C32H38ClN5O/c1-22-20-37(21-35-22)15-11-24-18-25-6-5-14-34-31(25)30(28-10-9-26(33)19-29(24)28)23-12-16-38(17-13-23)32(39)36-27-7-3-2-4-8-27/h5-6,9-10,14,18-21,23,27,30H,2-4,7-8,11-13,15-17H2,1H3,(H,36,39).